The maximum atomic E-state index is 12.1. The molecule has 0 aliphatic heterocycles. The molecule has 0 saturated heterocycles. The van der Waals surface area contributed by atoms with Gasteiger partial charge in [-0.05, 0) is 0 Å². The summed E-state index contributed by atoms with van der Waals surface area (Å²) in [4.78, 5) is 12.1. The molecule has 18 heavy (non-hydrogen) atoms. The molecule has 1 aromatic heterocycles. The zero-order chi connectivity index (χ0) is 13.5. The molecule has 0 bridgehead atoms. The van der Waals surface area contributed by atoms with E-state index in [9.17, 15) is 4.79 Å². The van der Waals surface area contributed by atoms with Crippen molar-refractivity contribution >= 4 is 43.1 Å². The minimum atomic E-state index is -0.515. The second-order valence-electron chi connectivity index (χ2n) is 5.21. The van der Waals surface area contributed by atoms with Crippen molar-refractivity contribution < 1.29 is 9.53 Å². The van der Waals surface area contributed by atoms with Crippen LogP contribution in [0.1, 0.15) is 26.5 Å². The molecule has 0 N–H and O–H groups in total. The van der Waals surface area contributed by atoms with Crippen LogP contribution in [0.5, 0.6) is 0 Å². The van der Waals surface area contributed by atoms with Crippen LogP contribution in [0.4, 0.5) is 4.79 Å². The fraction of sp³-hybridized carbons (Fsp3) is 0.385. The first-order chi connectivity index (χ1) is 8.28. The first-order valence-corrected chi connectivity index (χ1v) is 7.15. The Morgan fingerprint density at radius 3 is 2.67 bits per heavy atom. The summed E-state index contributed by atoms with van der Waals surface area (Å²) in [6.07, 6.45) is -0.433. The molecule has 0 unspecified atom stereocenters. The Balaban J connectivity index is 2.49. The first kappa shape index (κ1) is 13.4. The van der Waals surface area contributed by atoms with E-state index in [0.29, 0.717) is 0 Å². The molecule has 0 amide bonds. The van der Waals surface area contributed by atoms with Crippen LogP contribution in [-0.2, 0) is 4.74 Å². The summed E-state index contributed by atoms with van der Waals surface area (Å²) in [5, 5.41) is 5.28. The molecule has 0 atom stereocenters. The Hall–Kier alpha value is -1.04. The molecule has 2 rings (SSSR count). The van der Waals surface area contributed by atoms with E-state index < -0.39 is 11.7 Å². The van der Waals surface area contributed by atoms with Crippen molar-refractivity contribution in [3.63, 3.8) is 0 Å². The molecule has 0 fully saturated rings. The zero-order valence-corrected chi connectivity index (χ0v) is 13.8. The number of nitrogens with zero attached hydrogens (tertiary/aromatic N) is 2. The number of carbonyl (C=O) groups excluding carboxylic acids is 1. The Morgan fingerprint density at radius 1 is 1.39 bits per heavy atom. The van der Waals surface area contributed by atoms with Gasteiger partial charge in [-0.1, -0.05) is 0 Å². The SMILES string of the molecule is Cc1nn(C(=O)OC(C)(C)C)c2cc[c]([Sn+])cc12. The van der Waals surface area contributed by atoms with Crippen molar-refractivity contribution in [2.45, 2.75) is 33.3 Å². The van der Waals surface area contributed by atoms with Crippen LogP contribution in [0.3, 0.4) is 0 Å². The predicted octanol–water partition coefficient (Wildman–Crippen LogP) is 1.92. The molecule has 5 heteroatoms. The Bertz CT molecular complexity index is 611. The van der Waals surface area contributed by atoms with Gasteiger partial charge in [0.25, 0.3) is 0 Å². The molecule has 2 radical (unpaired) electrons. The van der Waals surface area contributed by atoms with E-state index in [4.69, 9.17) is 4.74 Å². The second-order valence-corrected chi connectivity index (χ2v) is 6.86. The van der Waals surface area contributed by atoms with Crippen LogP contribution in [0, 0.1) is 6.92 Å². The number of rotatable bonds is 0. The van der Waals surface area contributed by atoms with Crippen LogP contribution in [0.2, 0.25) is 0 Å². The second kappa shape index (κ2) is 4.57. The van der Waals surface area contributed by atoms with Gasteiger partial charge in [-0.25, -0.2) is 0 Å². The third-order valence-electron chi connectivity index (χ3n) is 2.43. The summed E-state index contributed by atoms with van der Waals surface area (Å²) in [5.74, 6) is 0. The van der Waals surface area contributed by atoms with E-state index in [-0.39, 0.29) is 0 Å². The molecule has 92 valence electrons. The molecular weight excluding hydrogens is 335 g/mol. The minimum absolute atomic E-state index is 0.433. The summed E-state index contributed by atoms with van der Waals surface area (Å²) < 4.78 is 7.92. The third kappa shape index (κ3) is 2.68. The van der Waals surface area contributed by atoms with E-state index >= 15 is 0 Å². The molecule has 0 aliphatic rings. The van der Waals surface area contributed by atoms with E-state index in [1.807, 2.05) is 39.8 Å². The number of hydrogen-bond donors (Lipinski definition) is 0. The van der Waals surface area contributed by atoms with Gasteiger partial charge in [0.15, 0.2) is 0 Å². The molecule has 0 saturated carbocycles. The van der Waals surface area contributed by atoms with Gasteiger partial charge in [-0.3, -0.25) is 0 Å². The van der Waals surface area contributed by atoms with Crippen LogP contribution < -0.4 is 3.58 Å². The maximum absolute atomic E-state index is 12.1. The molecule has 2 aromatic rings. The Kier molecular flexibility index (Phi) is 3.40. The topological polar surface area (TPSA) is 44.1 Å². The molecule has 4 nitrogen and oxygen atoms in total. The van der Waals surface area contributed by atoms with Gasteiger partial charge in [-0.2, -0.15) is 0 Å². The Labute approximate surface area is 119 Å². The summed E-state index contributed by atoms with van der Waals surface area (Å²) in [6, 6.07) is 5.99. The van der Waals surface area contributed by atoms with Gasteiger partial charge in [0.1, 0.15) is 0 Å². The summed E-state index contributed by atoms with van der Waals surface area (Å²) >= 11 is 1.35. The van der Waals surface area contributed by atoms with Crippen molar-refractivity contribution in [1.29, 1.82) is 0 Å². The van der Waals surface area contributed by atoms with Gasteiger partial charge in [0.05, 0.1) is 0 Å². The number of benzene rings is 1. The van der Waals surface area contributed by atoms with Gasteiger partial charge in [0, 0.05) is 0 Å². The average Bonchev–Trinajstić information content (AvgIpc) is 2.54. The van der Waals surface area contributed by atoms with E-state index in [1.165, 1.54) is 30.8 Å². The Morgan fingerprint density at radius 2 is 2.06 bits per heavy atom. The summed E-state index contributed by atoms with van der Waals surface area (Å²) in [7, 11) is 0. The average molecular weight is 350 g/mol. The van der Waals surface area contributed by atoms with Crippen molar-refractivity contribution in [1.82, 2.24) is 9.78 Å². The van der Waals surface area contributed by atoms with Crippen molar-refractivity contribution in [2.75, 3.05) is 0 Å². The molecule has 1 heterocycles. The fourth-order valence-corrected chi connectivity index (χ4v) is 2.36. The number of aryl methyl sites for hydroxylation is 1. The van der Waals surface area contributed by atoms with Crippen molar-refractivity contribution in [3.8, 4) is 0 Å². The molecule has 0 aliphatic carbocycles. The fourth-order valence-electron chi connectivity index (χ4n) is 1.71. The summed E-state index contributed by atoms with van der Waals surface area (Å²) in [6.45, 7) is 7.43. The monoisotopic (exact) mass is 351 g/mol. The number of carbonyl (C=O) groups is 1. The van der Waals surface area contributed by atoms with Gasteiger partial charge >= 0.3 is 120 Å². The third-order valence-corrected chi connectivity index (χ3v) is 3.32. The molecule has 0 spiro atoms. The van der Waals surface area contributed by atoms with Crippen molar-refractivity contribution in [3.05, 3.63) is 23.9 Å². The van der Waals surface area contributed by atoms with Crippen molar-refractivity contribution in [2.24, 2.45) is 0 Å². The number of fused-ring (bicyclic) bond motifs is 1. The van der Waals surface area contributed by atoms with E-state index in [2.05, 4.69) is 11.2 Å². The van der Waals surface area contributed by atoms with Gasteiger partial charge < -0.3 is 0 Å². The normalized spacial score (nSPS) is 11.8. The van der Waals surface area contributed by atoms with Gasteiger partial charge in [-0.15, -0.1) is 0 Å². The summed E-state index contributed by atoms with van der Waals surface area (Å²) in [5.41, 5.74) is 1.13. The number of ether oxygens (including phenoxy) is 1. The standard InChI is InChI=1S/C13H15N2O2.Sn/c1-9-10-7-5-6-8-11(10)15(14-9)12(16)17-13(2,3)4;/h6-8H,1-4H3;/q;+1. The number of hydrogen-bond acceptors (Lipinski definition) is 3. The van der Waals surface area contributed by atoms with Crippen LogP contribution >= 0.6 is 0 Å². The zero-order valence-electron chi connectivity index (χ0n) is 10.9. The first-order valence-electron chi connectivity index (χ1n) is 5.72. The van der Waals surface area contributed by atoms with E-state index in [0.717, 1.165) is 16.6 Å². The molecular formula is C13H15N2O2Sn+. The predicted molar refractivity (Wildman–Crippen MR) is 71.5 cm³/mol. The van der Waals surface area contributed by atoms with Gasteiger partial charge in [0.2, 0.25) is 0 Å². The number of aromatic nitrogens is 2. The molecule has 1 aromatic carbocycles. The van der Waals surface area contributed by atoms with Crippen LogP contribution in [0.25, 0.3) is 10.9 Å². The van der Waals surface area contributed by atoms with Crippen LogP contribution in [-0.4, -0.2) is 44.0 Å². The van der Waals surface area contributed by atoms with E-state index in [1.54, 1.807) is 0 Å². The van der Waals surface area contributed by atoms with Crippen LogP contribution in [0.15, 0.2) is 18.2 Å². The quantitative estimate of drug-likeness (QED) is 0.682.